The number of para-hydroxylation sites is 2. The highest BCUT2D eigenvalue weighted by Gasteiger charge is 2.41. The maximum atomic E-state index is 15.4. The summed E-state index contributed by atoms with van der Waals surface area (Å²) in [6.07, 6.45) is 0. The zero-order valence-electron chi connectivity index (χ0n) is 28.3. The zero-order chi connectivity index (χ0) is 34.6. The van der Waals surface area contributed by atoms with E-state index in [2.05, 4.69) is 167 Å². The van der Waals surface area contributed by atoms with E-state index >= 15 is 4.57 Å². The van der Waals surface area contributed by atoms with Gasteiger partial charge < -0.3 is 14.0 Å². The number of hydrogen-bond donors (Lipinski definition) is 0. The SMILES string of the molecule is O=P1(c2ccccc2)c2ccccc2-c2c1ccc1c3ccccc3n(-c3ccc(N(c4ccccc4)c4ccc(-c5ccccc5)cc4)cc3)c21. The maximum absolute atomic E-state index is 15.4. The Hall–Kier alpha value is -6.41. The Morgan fingerprint density at radius 1 is 0.423 bits per heavy atom. The van der Waals surface area contributed by atoms with Crippen LogP contribution < -0.4 is 20.8 Å². The molecule has 0 saturated carbocycles. The van der Waals surface area contributed by atoms with E-state index in [0.717, 1.165) is 66.2 Å². The Morgan fingerprint density at radius 2 is 0.981 bits per heavy atom. The van der Waals surface area contributed by atoms with Gasteiger partial charge in [-0.1, -0.05) is 140 Å². The van der Waals surface area contributed by atoms with Crippen LogP contribution in [0, 0.1) is 0 Å². The summed E-state index contributed by atoms with van der Waals surface area (Å²) >= 11 is 0. The second-order valence-corrected chi connectivity index (χ2v) is 16.0. The Labute approximate surface area is 303 Å². The molecule has 10 rings (SSSR count). The van der Waals surface area contributed by atoms with Crippen LogP contribution in [0.4, 0.5) is 17.1 Å². The number of aromatic nitrogens is 1. The molecule has 0 aliphatic carbocycles. The lowest BCUT2D eigenvalue weighted by Gasteiger charge is -2.26. The first-order valence-corrected chi connectivity index (χ1v) is 19.3. The van der Waals surface area contributed by atoms with Crippen molar-refractivity contribution >= 4 is 61.9 Å². The maximum Gasteiger partial charge on any atom is 0.172 e. The van der Waals surface area contributed by atoms with Crippen LogP contribution in [0.3, 0.4) is 0 Å². The van der Waals surface area contributed by atoms with Crippen molar-refractivity contribution in [1.29, 1.82) is 0 Å². The van der Waals surface area contributed by atoms with Crippen LogP contribution in [0.2, 0.25) is 0 Å². The molecule has 0 spiro atoms. The summed E-state index contributed by atoms with van der Waals surface area (Å²) in [7, 11) is -3.09. The first-order valence-electron chi connectivity index (χ1n) is 17.6. The number of nitrogens with zero attached hydrogens (tertiary/aromatic N) is 2. The summed E-state index contributed by atoms with van der Waals surface area (Å²) in [5.74, 6) is 0. The van der Waals surface area contributed by atoms with Gasteiger partial charge in [0.1, 0.15) is 0 Å². The minimum Gasteiger partial charge on any atom is -0.311 e. The molecular weight excluding hydrogens is 652 g/mol. The topological polar surface area (TPSA) is 25.2 Å². The fourth-order valence-electron chi connectivity index (χ4n) is 8.06. The van der Waals surface area contributed by atoms with Gasteiger partial charge in [-0.2, -0.15) is 0 Å². The van der Waals surface area contributed by atoms with Crippen LogP contribution in [-0.2, 0) is 4.57 Å². The lowest BCUT2D eigenvalue weighted by molar-refractivity contribution is 0.593. The van der Waals surface area contributed by atoms with Crippen LogP contribution in [0.25, 0.3) is 49.7 Å². The smallest absolute Gasteiger partial charge is 0.172 e. The zero-order valence-corrected chi connectivity index (χ0v) is 29.2. The quantitative estimate of drug-likeness (QED) is 0.163. The predicted molar refractivity (Wildman–Crippen MR) is 219 cm³/mol. The third-order valence-corrected chi connectivity index (χ3v) is 13.5. The molecular formula is C48H33N2OP. The van der Waals surface area contributed by atoms with Crippen molar-refractivity contribution in [2.75, 3.05) is 4.90 Å². The van der Waals surface area contributed by atoms with E-state index in [0.29, 0.717) is 0 Å². The van der Waals surface area contributed by atoms with Crippen molar-refractivity contribution in [2.24, 2.45) is 0 Å². The fourth-order valence-corrected chi connectivity index (χ4v) is 11.1. The predicted octanol–water partition coefficient (Wildman–Crippen LogP) is 11.5. The summed E-state index contributed by atoms with van der Waals surface area (Å²) in [5, 5.41) is 5.01. The fraction of sp³-hybridized carbons (Fsp3) is 0. The van der Waals surface area contributed by atoms with Gasteiger partial charge in [0, 0.05) is 55.0 Å². The molecule has 246 valence electrons. The highest BCUT2D eigenvalue weighted by atomic mass is 31.2. The molecule has 1 unspecified atom stereocenters. The van der Waals surface area contributed by atoms with Crippen molar-refractivity contribution < 1.29 is 4.57 Å². The number of rotatable bonds is 6. The van der Waals surface area contributed by atoms with E-state index in [1.54, 1.807) is 0 Å². The van der Waals surface area contributed by atoms with Crippen molar-refractivity contribution in [3.05, 3.63) is 200 Å². The van der Waals surface area contributed by atoms with E-state index in [1.807, 2.05) is 42.5 Å². The van der Waals surface area contributed by atoms with E-state index < -0.39 is 7.14 Å². The molecule has 3 nitrogen and oxygen atoms in total. The molecule has 8 aromatic carbocycles. The summed E-state index contributed by atoms with van der Waals surface area (Å²) in [6, 6.07) is 69.8. The van der Waals surface area contributed by atoms with Gasteiger partial charge in [0.05, 0.1) is 11.0 Å². The molecule has 0 saturated heterocycles. The van der Waals surface area contributed by atoms with Crippen molar-refractivity contribution in [1.82, 2.24) is 4.57 Å². The third-order valence-electron chi connectivity index (χ3n) is 10.4. The minimum atomic E-state index is -3.09. The summed E-state index contributed by atoms with van der Waals surface area (Å²) < 4.78 is 17.8. The Kier molecular flexibility index (Phi) is 7.09. The van der Waals surface area contributed by atoms with Gasteiger partial charge in [0.25, 0.3) is 0 Å². The molecule has 1 aromatic heterocycles. The molecule has 4 heteroatoms. The number of anilines is 3. The Balaban J connectivity index is 1.16. The first kappa shape index (κ1) is 30.4. The molecule has 0 bridgehead atoms. The van der Waals surface area contributed by atoms with Crippen LogP contribution in [0.5, 0.6) is 0 Å². The number of benzene rings is 8. The van der Waals surface area contributed by atoms with Crippen LogP contribution in [-0.4, -0.2) is 4.57 Å². The van der Waals surface area contributed by atoms with Crippen LogP contribution >= 0.6 is 7.14 Å². The highest BCUT2D eigenvalue weighted by molar-refractivity contribution is 7.86. The van der Waals surface area contributed by atoms with Crippen molar-refractivity contribution in [3.8, 4) is 27.9 Å². The third kappa shape index (κ3) is 4.64. The molecule has 0 fully saturated rings. The Morgan fingerprint density at radius 3 is 1.71 bits per heavy atom. The van der Waals surface area contributed by atoms with Gasteiger partial charge >= 0.3 is 0 Å². The first-order chi connectivity index (χ1) is 25.7. The summed E-state index contributed by atoms with van der Waals surface area (Å²) in [5.41, 5.74) is 11.0. The van der Waals surface area contributed by atoms with E-state index in [9.17, 15) is 0 Å². The summed E-state index contributed by atoms with van der Waals surface area (Å²) in [4.78, 5) is 2.30. The number of fused-ring (bicyclic) bond motifs is 7. The molecule has 0 amide bonds. The van der Waals surface area contributed by atoms with E-state index in [-0.39, 0.29) is 0 Å². The molecule has 1 aliphatic rings. The molecule has 2 heterocycles. The summed E-state index contributed by atoms with van der Waals surface area (Å²) in [6.45, 7) is 0. The average molecular weight is 685 g/mol. The Bertz CT molecular complexity index is 2790. The van der Waals surface area contributed by atoms with Gasteiger partial charge in [-0.3, -0.25) is 0 Å². The average Bonchev–Trinajstić information content (AvgIpc) is 3.70. The molecule has 9 aromatic rings. The van der Waals surface area contributed by atoms with Gasteiger partial charge in [-0.25, -0.2) is 0 Å². The van der Waals surface area contributed by atoms with Crippen molar-refractivity contribution in [3.63, 3.8) is 0 Å². The molecule has 1 aliphatic heterocycles. The van der Waals surface area contributed by atoms with Gasteiger partial charge in [0.2, 0.25) is 0 Å². The highest BCUT2D eigenvalue weighted by Crippen LogP contribution is 2.54. The second-order valence-electron chi connectivity index (χ2n) is 13.3. The van der Waals surface area contributed by atoms with Crippen molar-refractivity contribution in [2.45, 2.75) is 0 Å². The molecule has 1 atom stereocenters. The van der Waals surface area contributed by atoms with Crippen LogP contribution in [0.1, 0.15) is 0 Å². The monoisotopic (exact) mass is 684 g/mol. The standard InChI is InChI=1S/C48H33N2OP/c51-52(40-18-8-3-9-19-40)45-23-13-11-21-43(45)47-46(52)33-32-42-41-20-10-12-22-44(41)50(48(42)47)39-30-28-38(29-31-39)49(36-16-6-2-7-17-36)37-26-24-35(25-27-37)34-14-4-1-5-15-34/h1-33H. The lowest BCUT2D eigenvalue weighted by atomic mass is 10.0. The van der Waals surface area contributed by atoms with E-state index in [1.165, 1.54) is 16.5 Å². The van der Waals surface area contributed by atoms with Gasteiger partial charge in [0.15, 0.2) is 7.14 Å². The second kappa shape index (κ2) is 12.1. The van der Waals surface area contributed by atoms with Gasteiger partial charge in [-0.05, 0) is 77.4 Å². The largest absolute Gasteiger partial charge is 0.311 e. The molecule has 52 heavy (non-hydrogen) atoms. The van der Waals surface area contributed by atoms with Gasteiger partial charge in [-0.15, -0.1) is 0 Å². The van der Waals surface area contributed by atoms with Crippen LogP contribution in [0.15, 0.2) is 200 Å². The molecule has 0 N–H and O–H groups in total. The lowest BCUT2D eigenvalue weighted by Crippen LogP contribution is -2.20. The normalized spacial score (nSPS) is 14.7. The van der Waals surface area contributed by atoms with E-state index in [4.69, 9.17) is 0 Å². The molecule has 0 radical (unpaired) electrons. The number of hydrogen-bond acceptors (Lipinski definition) is 2. The minimum absolute atomic E-state index is 0.866.